The highest BCUT2D eigenvalue weighted by molar-refractivity contribution is 7.07. The number of benzene rings is 2. The molecule has 1 atom stereocenters. The topological polar surface area (TPSA) is 90.5 Å². The molecule has 5 rings (SSSR count). The second kappa shape index (κ2) is 10.0. The van der Waals surface area contributed by atoms with E-state index in [1.807, 2.05) is 86.1 Å². The molecular formula is C28H27N5O3S. The summed E-state index contributed by atoms with van der Waals surface area (Å²) < 4.78 is 9.37. The molecule has 1 aliphatic heterocycles. The molecule has 1 N–H and O–H groups in total. The van der Waals surface area contributed by atoms with Crippen LogP contribution in [-0.2, 0) is 11.3 Å². The van der Waals surface area contributed by atoms with Crippen molar-refractivity contribution in [1.29, 1.82) is 0 Å². The van der Waals surface area contributed by atoms with Crippen molar-refractivity contribution >= 4 is 29.0 Å². The lowest BCUT2D eigenvalue weighted by atomic mass is 9.95. The van der Waals surface area contributed by atoms with E-state index in [-0.39, 0.29) is 11.5 Å². The van der Waals surface area contributed by atoms with Crippen molar-refractivity contribution in [2.24, 2.45) is 4.99 Å². The van der Waals surface area contributed by atoms with E-state index in [2.05, 4.69) is 10.4 Å². The monoisotopic (exact) mass is 513 g/mol. The van der Waals surface area contributed by atoms with Gasteiger partial charge in [-0.25, -0.2) is 4.99 Å². The minimum absolute atomic E-state index is 0.203. The summed E-state index contributed by atoms with van der Waals surface area (Å²) in [4.78, 5) is 32.7. The minimum atomic E-state index is -0.646. The van der Waals surface area contributed by atoms with Gasteiger partial charge in [0.25, 0.3) is 11.5 Å². The Morgan fingerprint density at radius 1 is 1.14 bits per heavy atom. The van der Waals surface area contributed by atoms with E-state index in [1.54, 1.807) is 17.9 Å². The third-order valence-electron chi connectivity index (χ3n) is 6.46. The summed E-state index contributed by atoms with van der Waals surface area (Å²) in [6.07, 6.45) is 3.62. The van der Waals surface area contributed by atoms with Crippen LogP contribution in [0.2, 0.25) is 0 Å². The number of fused-ring (bicyclic) bond motifs is 1. The molecule has 37 heavy (non-hydrogen) atoms. The predicted octanol–water partition coefficient (Wildman–Crippen LogP) is 3.41. The van der Waals surface area contributed by atoms with Crippen molar-refractivity contribution in [2.45, 2.75) is 33.4 Å². The van der Waals surface area contributed by atoms with Gasteiger partial charge >= 0.3 is 0 Å². The molecule has 1 aliphatic rings. The number of methoxy groups -OCH3 is 1. The molecule has 0 spiro atoms. The Bertz CT molecular complexity index is 1680. The van der Waals surface area contributed by atoms with Gasteiger partial charge in [0.2, 0.25) is 0 Å². The highest BCUT2D eigenvalue weighted by Gasteiger charge is 2.32. The molecule has 1 unspecified atom stereocenters. The fourth-order valence-corrected chi connectivity index (χ4v) is 5.53. The zero-order valence-electron chi connectivity index (χ0n) is 21.1. The van der Waals surface area contributed by atoms with Gasteiger partial charge in [-0.3, -0.25) is 18.8 Å². The van der Waals surface area contributed by atoms with Gasteiger partial charge in [-0.15, -0.1) is 0 Å². The number of nitrogens with one attached hydrogen (secondary N) is 1. The number of rotatable bonds is 6. The Balaban J connectivity index is 1.67. The van der Waals surface area contributed by atoms with Crippen molar-refractivity contribution in [3.05, 3.63) is 109 Å². The average Bonchev–Trinajstić information content (AvgIpc) is 3.42. The van der Waals surface area contributed by atoms with Crippen LogP contribution in [0.15, 0.2) is 81.9 Å². The first-order chi connectivity index (χ1) is 17.9. The number of thiazole rings is 1. The van der Waals surface area contributed by atoms with Crippen LogP contribution >= 0.6 is 11.3 Å². The SMILES string of the molecule is CCn1ncc(/C=c2\sc3n(c2=O)C(c2ccc(OC)cc2)C(C(=O)Nc2ccccc2)=C(C)N=3)c1C. The molecule has 4 aromatic rings. The van der Waals surface area contributed by atoms with E-state index >= 15 is 0 Å². The van der Waals surface area contributed by atoms with Crippen LogP contribution in [0, 0.1) is 6.92 Å². The zero-order chi connectivity index (χ0) is 26.1. The molecule has 0 aliphatic carbocycles. The first-order valence-electron chi connectivity index (χ1n) is 12.0. The molecule has 3 heterocycles. The van der Waals surface area contributed by atoms with Crippen LogP contribution in [-0.4, -0.2) is 27.4 Å². The molecule has 0 fully saturated rings. The van der Waals surface area contributed by atoms with Crippen LogP contribution in [0.25, 0.3) is 6.08 Å². The molecule has 2 aromatic heterocycles. The van der Waals surface area contributed by atoms with Crippen molar-refractivity contribution in [2.75, 3.05) is 12.4 Å². The molecule has 0 saturated carbocycles. The molecule has 8 nitrogen and oxygen atoms in total. The van der Waals surface area contributed by atoms with Crippen LogP contribution < -0.4 is 24.9 Å². The molecule has 1 amide bonds. The number of amides is 1. The maximum atomic E-state index is 13.8. The van der Waals surface area contributed by atoms with Gasteiger partial charge in [0, 0.05) is 23.5 Å². The maximum absolute atomic E-state index is 13.8. The number of allylic oxidation sites excluding steroid dienone is 1. The minimum Gasteiger partial charge on any atom is -0.497 e. The quantitative estimate of drug-likeness (QED) is 0.428. The largest absolute Gasteiger partial charge is 0.497 e. The van der Waals surface area contributed by atoms with E-state index in [1.165, 1.54) is 11.3 Å². The molecule has 0 saturated heterocycles. The van der Waals surface area contributed by atoms with Crippen molar-refractivity contribution < 1.29 is 9.53 Å². The number of aryl methyl sites for hydroxylation is 1. The summed E-state index contributed by atoms with van der Waals surface area (Å²) in [6.45, 7) is 6.56. The van der Waals surface area contributed by atoms with E-state index in [0.29, 0.717) is 32.0 Å². The number of para-hydroxylation sites is 1. The fraction of sp³-hybridized carbons (Fsp3) is 0.214. The van der Waals surface area contributed by atoms with Crippen LogP contribution in [0.3, 0.4) is 0 Å². The van der Waals surface area contributed by atoms with Gasteiger partial charge in [0.1, 0.15) is 5.75 Å². The molecule has 0 bridgehead atoms. The lowest BCUT2D eigenvalue weighted by molar-refractivity contribution is -0.113. The van der Waals surface area contributed by atoms with Gasteiger partial charge < -0.3 is 10.1 Å². The zero-order valence-corrected chi connectivity index (χ0v) is 21.9. The summed E-state index contributed by atoms with van der Waals surface area (Å²) in [5.41, 5.74) is 4.11. The van der Waals surface area contributed by atoms with Crippen LogP contribution in [0.1, 0.15) is 36.7 Å². The summed E-state index contributed by atoms with van der Waals surface area (Å²) in [6, 6.07) is 16.0. The molecule has 9 heteroatoms. The van der Waals surface area contributed by atoms with Gasteiger partial charge in [0.05, 0.1) is 35.2 Å². The summed E-state index contributed by atoms with van der Waals surface area (Å²) in [7, 11) is 1.60. The maximum Gasteiger partial charge on any atom is 0.271 e. The Labute approximate surface area is 217 Å². The summed E-state index contributed by atoms with van der Waals surface area (Å²) >= 11 is 1.31. The van der Waals surface area contributed by atoms with E-state index < -0.39 is 6.04 Å². The Kier molecular flexibility index (Phi) is 6.62. The summed E-state index contributed by atoms with van der Waals surface area (Å²) in [5, 5.41) is 7.36. The number of nitrogens with zero attached hydrogens (tertiary/aromatic N) is 4. The lowest BCUT2D eigenvalue weighted by Crippen LogP contribution is -2.40. The Hall–Kier alpha value is -4.24. The number of ether oxygens (including phenoxy) is 1. The number of carbonyl (C=O) groups is 1. The van der Waals surface area contributed by atoms with Gasteiger partial charge in [0.15, 0.2) is 4.80 Å². The van der Waals surface area contributed by atoms with Gasteiger partial charge in [-0.05, 0) is 56.7 Å². The third-order valence-corrected chi connectivity index (χ3v) is 7.44. The van der Waals surface area contributed by atoms with E-state index in [4.69, 9.17) is 9.73 Å². The first-order valence-corrected chi connectivity index (χ1v) is 12.8. The van der Waals surface area contributed by atoms with Gasteiger partial charge in [-0.2, -0.15) is 5.10 Å². The highest BCUT2D eigenvalue weighted by Crippen LogP contribution is 2.31. The Morgan fingerprint density at radius 3 is 2.51 bits per heavy atom. The van der Waals surface area contributed by atoms with Crippen molar-refractivity contribution in [3.8, 4) is 5.75 Å². The third kappa shape index (κ3) is 4.53. The predicted molar refractivity (Wildman–Crippen MR) is 144 cm³/mol. The lowest BCUT2D eigenvalue weighted by Gasteiger charge is -2.25. The smallest absolute Gasteiger partial charge is 0.271 e. The van der Waals surface area contributed by atoms with Crippen molar-refractivity contribution in [3.63, 3.8) is 0 Å². The number of anilines is 1. The number of aromatic nitrogens is 3. The number of hydrogen-bond acceptors (Lipinski definition) is 6. The normalized spacial score (nSPS) is 15.4. The fourth-order valence-electron chi connectivity index (χ4n) is 4.50. The second-order valence-electron chi connectivity index (χ2n) is 8.68. The number of carbonyl (C=O) groups excluding carboxylic acids is 1. The first kappa shape index (κ1) is 24.5. The molecule has 2 aromatic carbocycles. The van der Waals surface area contributed by atoms with E-state index in [9.17, 15) is 9.59 Å². The molecular weight excluding hydrogens is 486 g/mol. The second-order valence-corrected chi connectivity index (χ2v) is 9.69. The van der Waals surface area contributed by atoms with Crippen LogP contribution in [0.5, 0.6) is 5.75 Å². The standard InChI is InChI=1S/C28H27N5O3S/c1-5-32-18(3)20(16-29-32)15-23-27(35)33-25(19-11-13-22(36-4)14-12-19)24(17(2)30-28(33)37-23)26(34)31-21-9-7-6-8-10-21/h6-16,25H,5H2,1-4H3,(H,31,34)/b23-15-. The van der Waals surface area contributed by atoms with E-state index in [0.717, 1.165) is 23.4 Å². The summed E-state index contributed by atoms with van der Waals surface area (Å²) in [5.74, 6) is 0.387. The van der Waals surface area contributed by atoms with Crippen LogP contribution in [0.4, 0.5) is 5.69 Å². The van der Waals surface area contributed by atoms with Crippen molar-refractivity contribution in [1.82, 2.24) is 14.3 Å². The van der Waals surface area contributed by atoms with Gasteiger partial charge in [-0.1, -0.05) is 41.7 Å². The number of hydrogen-bond donors (Lipinski definition) is 1. The molecule has 0 radical (unpaired) electrons. The molecule has 188 valence electrons. The average molecular weight is 514 g/mol. The highest BCUT2D eigenvalue weighted by atomic mass is 32.1. The Morgan fingerprint density at radius 2 is 1.86 bits per heavy atom.